The van der Waals surface area contributed by atoms with Crippen LogP contribution in [-0.2, 0) is 38.7 Å². The first-order chi connectivity index (χ1) is 31.0. The molecule has 1 aromatic heterocycles. The third-order valence-corrected chi connectivity index (χ3v) is 13.5. The van der Waals surface area contributed by atoms with Crippen LogP contribution in [0.5, 0.6) is 11.5 Å². The zero-order chi connectivity index (χ0) is 46.6. The largest absolute Gasteiger partial charge is 0.457 e. The number of hydrogen-bond donors (Lipinski definition) is 2. The van der Waals surface area contributed by atoms with Gasteiger partial charge < -0.3 is 20.3 Å². The zero-order valence-corrected chi connectivity index (χ0v) is 39.2. The standard InChI is InChI=1S/C51H52N6O6S2/c1-30-20-40(47(59)53-26-35-12-16-39(17-13-35)45-33(4)54-29-64-45)56(27-30)49(61)46(51(5,6)7)55-44(58)24-34-8-10-36(11-9-34)28-57-48(60)43(65-50(57)62)23-37-14-18-41(31(2)21-37)63-42-19-15-38(25-52)22-32(42)3/h8-19,21-23,29-30,40,46H,20,24,26-28H2,1-7H3,(H,53,59)(H,55,58)/b43-23-/t30-,40?,46-/m1/s1. The molecule has 2 aliphatic rings. The van der Waals surface area contributed by atoms with Crippen molar-refractivity contribution < 1.29 is 28.7 Å². The molecule has 7 rings (SSSR count). The second-order valence-corrected chi connectivity index (χ2v) is 19.7. The highest BCUT2D eigenvalue weighted by atomic mass is 32.2. The maximum Gasteiger partial charge on any atom is 0.293 e. The Morgan fingerprint density at radius 3 is 2.22 bits per heavy atom. The van der Waals surface area contributed by atoms with Gasteiger partial charge >= 0.3 is 0 Å². The molecule has 5 amide bonds. The van der Waals surface area contributed by atoms with Crippen LogP contribution >= 0.6 is 23.1 Å². The van der Waals surface area contributed by atoms with Crippen molar-refractivity contribution >= 4 is 58.0 Å². The van der Waals surface area contributed by atoms with Gasteiger partial charge in [-0.3, -0.25) is 28.9 Å². The van der Waals surface area contributed by atoms with Gasteiger partial charge in [0.1, 0.15) is 23.6 Å². The Morgan fingerprint density at radius 2 is 1.58 bits per heavy atom. The summed E-state index contributed by atoms with van der Waals surface area (Å²) in [6.45, 7) is 14.2. The van der Waals surface area contributed by atoms with Gasteiger partial charge in [-0.05, 0) is 126 Å². The van der Waals surface area contributed by atoms with E-state index in [9.17, 15) is 24.0 Å². The Morgan fingerprint density at radius 1 is 0.923 bits per heavy atom. The van der Waals surface area contributed by atoms with Crippen molar-refractivity contribution in [2.75, 3.05) is 6.54 Å². The highest BCUT2D eigenvalue weighted by molar-refractivity contribution is 8.18. The smallest absolute Gasteiger partial charge is 0.293 e. The van der Waals surface area contributed by atoms with Crippen molar-refractivity contribution in [2.45, 2.75) is 86.5 Å². The number of hydrogen-bond acceptors (Lipinski definition) is 10. The van der Waals surface area contributed by atoms with Crippen LogP contribution in [0.1, 0.15) is 78.8 Å². The van der Waals surface area contributed by atoms with Crippen LogP contribution in [0.2, 0.25) is 0 Å². The molecule has 0 aliphatic carbocycles. The molecule has 12 nitrogen and oxygen atoms in total. The number of rotatable bonds is 13. The Balaban J connectivity index is 0.930. The van der Waals surface area contributed by atoms with E-state index in [-0.39, 0.29) is 41.8 Å². The lowest BCUT2D eigenvalue weighted by Gasteiger charge is -2.35. The molecule has 3 heterocycles. The molecule has 2 aliphatic heterocycles. The average molecular weight is 909 g/mol. The number of carbonyl (C=O) groups excluding carboxylic acids is 5. The second-order valence-electron chi connectivity index (χ2n) is 17.9. The number of thioether (sulfide) groups is 1. The molecule has 5 aromatic rings. The summed E-state index contributed by atoms with van der Waals surface area (Å²) in [7, 11) is 0. The number of carbonyl (C=O) groups is 5. The van der Waals surface area contributed by atoms with E-state index < -0.39 is 23.4 Å². The highest BCUT2D eigenvalue weighted by Crippen LogP contribution is 2.36. The molecule has 1 unspecified atom stereocenters. The molecule has 65 heavy (non-hydrogen) atoms. The van der Waals surface area contributed by atoms with Gasteiger partial charge in [0.25, 0.3) is 11.1 Å². The maximum absolute atomic E-state index is 14.2. The first kappa shape index (κ1) is 46.4. The van der Waals surface area contributed by atoms with Crippen LogP contribution in [0.4, 0.5) is 4.79 Å². The molecule has 14 heteroatoms. The number of amides is 5. The molecular formula is C51H52N6O6S2. The molecule has 4 aromatic carbocycles. The summed E-state index contributed by atoms with van der Waals surface area (Å²) in [4.78, 5) is 76.5. The molecule has 2 N–H and O–H groups in total. The van der Waals surface area contributed by atoms with E-state index in [0.717, 1.165) is 50.2 Å². The molecule has 2 saturated heterocycles. The van der Waals surface area contributed by atoms with E-state index in [1.165, 1.54) is 4.90 Å². The quantitative estimate of drug-likeness (QED) is 0.110. The molecule has 2 fully saturated rings. The van der Waals surface area contributed by atoms with Gasteiger partial charge in [0.15, 0.2) is 0 Å². The number of nitrogens with zero attached hydrogens (tertiary/aromatic N) is 4. The predicted octanol–water partition coefficient (Wildman–Crippen LogP) is 9.26. The highest BCUT2D eigenvalue weighted by Gasteiger charge is 2.44. The number of imide groups is 1. The summed E-state index contributed by atoms with van der Waals surface area (Å²) in [5.74, 6) is 0.121. The van der Waals surface area contributed by atoms with E-state index in [1.807, 2.05) is 96.4 Å². The van der Waals surface area contributed by atoms with Crippen molar-refractivity contribution in [1.82, 2.24) is 25.4 Å². The van der Waals surface area contributed by atoms with Gasteiger partial charge in [-0.2, -0.15) is 5.26 Å². The fourth-order valence-corrected chi connectivity index (χ4v) is 9.62. The van der Waals surface area contributed by atoms with Crippen LogP contribution in [-0.4, -0.2) is 62.3 Å². The Labute approximate surface area is 388 Å². The lowest BCUT2D eigenvalue weighted by atomic mass is 9.85. The zero-order valence-electron chi connectivity index (χ0n) is 37.6. The predicted molar refractivity (Wildman–Crippen MR) is 254 cm³/mol. The Hall–Kier alpha value is -6.56. The van der Waals surface area contributed by atoms with Gasteiger partial charge in [0, 0.05) is 13.1 Å². The molecule has 0 radical (unpaired) electrons. The summed E-state index contributed by atoms with van der Waals surface area (Å²) in [5, 5.41) is 14.8. The van der Waals surface area contributed by atoms with Gasteiger partial charge in [0.2, 0.25) is 17.7 Å². The van der Waals surface area contributed by atoms with E-state index >= 15 is 0 Å². The number of nitriles is 1. The fraction of sp³-hybridized carbons (Fsp3) is 0.314. The van der Waals surface area contributed by atoms with Crippen LogP contribution in [0.25, 0.3) is 16.5 Å². The minimum atomic E-state index is -0.877. The number of likely N-dealkylation sites (tertiary alicyclic amines) is 1. The Bertz CT molecular complexity index is 2710. The third kappa shape index (κ3) is 11.0. The first-order valence-corrected chi connectivity index (χ1v) is 23.2. The van der Waals surface area contributed by atoms with Crippen molar-refractivity contribution in [2.24, 2.45) is 11.3 Å². The second kappa shape index (κ2) is 19.7. The number of aryl methyl sites for hydroxylation is 3. The monoisotopic (exact) mass is 908 g/mol. The Kier molecular flexibility index (Phi) is 14.1. The first-order valence-electron chi connectivity index (χ1n) is 21.5. The number of nitrogens with one attached hydrogen (secondary N) is 2. The molecule has 334 valence electrons. The van der Waals surface area contributed by atoms with E-state index in [1.54, 1.807) is 64.8 Å². The van der Waals surface area contributed by atoms with Crippen LogP contribution in [0.3, 0.4) is 0 Å². The van der Waals surface area contributed by atoms with E-state index in [0.29, 0.717) is 52.6 Å². The SMILES string of the molecule is Cc1cc(C#N)ccc1Oc1ccc(/C=C2\SC(=O)N(Cc3ccc(CC(=O)N[C@H](C(=O)N4C[C@H](C)CC4C(=O)NCc4ccc(-c5scnc5C)cc4)C(C)(C)C)cc3)C2=O)cc1C. The summed E-state index contributed by atoms with van der Waals surface area (Å²) in [6, 6.07) is 26.5. The lowest BCUT2D eigenvalue weighted by molar-refractivity contribution is -0.143. The van der Waals surface area contributed by atoms with Crippen LogP contribution < -0.4 is 15.4 Å². The third-order valence-electron chi connectivity index (χ3n) is 11.6. The van der Waals surface area contributed by atoms with Crippen molar-refractivity contribution in [3.63, 3.8) is 0 Å². The van der Waals surface area contributed by atoms with Crippen molar-refractivity contribution in [1.29, 1.82) is 5.26 Å². The number of aromatic nitrogens is 1. The summed E-state index contributed by atoms with van der Waals surface area (Å²) in [6.07, 6.45) is 2.22. The summed E-state index contributed by atoms with van der Waals surface area (Å²) in [5.41, 5.74) is 8.55. The molecule has 0 saturated carbocycles. The summed E-state index contributed by atoms with van der Waals surface area (Å²) < 4.78 is 6.10. The topological polar surface area (TPSA) is 162 Å². The number of thiazole rings is 1. The van der Waals surface area contributed by atoms with E-state index in [4.69, 9.17) is 10.00 Å². The minimum Gasteiger partial charge on any atom is -0.457 e. The van der Waals surface area contributed by atoms with Crippen LogP contribution in [0, 0.1) is 43.4 Å². The van der Waals surface area contributed by atoms with Gasteiger partial charge in [0.05, 0.1) is 45.6 Å². The summed E-state index contributed by atoms with van der Waals surface area (Å²) >= 11 is 2.47. The number of ether oxygens (including phenoxy) is 1. The van der Waals surface area contributed by atoms with Crippen LogP contribution in [0.15, 0.2) is 95.3 Å². The van der Waals surface area contributed by atoms with Crippen molar-refractivity contribution in [3.8, 4) is 28.0 Å². The molecule has 0 bridgehead atoms. The minimum absolute atomic E-state index is 0.00243. The average Bonchev–Trinajstić information content (AvgIpc) is 3.96. The van der Waals surface area contributed by atoms with Gasteiger partial charge in [-0.15, -0.1) is 11.3 Å². The van der Waals surface area contributed by atoms with Gasteiger partial charge in [-0.1, -0.05) is 82.3 Å². The lowest BCUT2D eigenvalue weighted by Crippen LogP contribution is -2.57. The van der Waals surface area contributed by atoms with E-state index in [2.05, 4.69) is 21.7 Å². The normalized spacial score (nSPS) is 17.3. The fourth-order valence-electron chi connectivity index (χ4n) is 7.97. The number of benzene rings is 4. The van der Waals surface area contributed by atoms with Gasteiger partial charge in [-0.25, -0.2) is 4.98 Å². The molecular weight excluding hydrogens is 857 g/mol. The molecule has 3 atom stereocenters. The maximum atomic E-state index is 14.2. The molecule has 0 spiro atoms. The van der Waals surface area contributed by atoms with Crippen molar-refractivity contribution in [3.05, 3.63) is 140 Å².